The number of H-pyrrole nitrogens is 1. The molecule has 1 N–H and O–H groups in total. The van der Waals surface area contributed by atoms with Gasteiger partial charge in [0.15, 0.2) is 0 Å². The molecule has 5 rings (SSSR count). The molecule has 2 fully saturated rings. The first-order chi connectivity index (χ1) is 12.3. The van der Waals surface area contributed by atoms with E-state index in [2.05, 4.69) is 29.7 Å². The molecule has 7 nitrogen and oxygen atoms in total. The van der Waals surface area contributed by atoms with E-state index in [0.29, 0.717) is 0 Å². The third-order valence-corrected chi connectivity index (χ3v) is 5.28. The number of rotatable bonds is 2. The molecule has 0 aliphatic carbocycles. The number of piperazine rings is 1. The Kier molecular flexibility index (Phi) is 3.19. The van der Waals surface area contributed by atoms with E-state index in [1.54, 1.807) is 30.9 Å². The maximum absolute atomic E-state index is 12.9. The number of aromatic nitrogens is 4. The molecule has 0 unspecified atom stereocenters. The topological polar surface area (TPSA) is 78.0 Å². The Bertz CT molecular complexity index is 909. The molecule has 5 heterocycles. The molecule has 2 saturated heterocycles. The number of nitrogens with one attached hydrogen (secondary N) is 1. The summed E-state index contributed by atoms with van der Waals surface area (Å²) in [6, 6.07) is 6.05. The number of nitrogens with zero attached hydrogens (tertiary/aromatic N) is 5. The first-order valence-corrected chi connectivity index (χ1v) is 8.57. The minimum absolute atomic E-state index is 0.115. The molecule has 3 aromatic heterocycles. The van der Waals surface area contributed by atoms with Gasteiger partial charge in [0.2, 0.25) is 0 Å². The fourth-order valence-electron chi connectivity index (χ4n) is 4.16. The average molecular weight is 334 g/mol. The predicted octanol–water partition coefficient (Wildman–Crippen LogP) is 1.85. The second kappa shape index (κ2) is 5.54. The van der Waals surface area contributed by atoms with E-state index in [1.165, 1.54) is 0 Å². The number of carbonyl (C=O) groups excluding carboxylic acids is 1. The van der Waals surface area contributed by atoms with Crippen LogP contribution in [0.3, 0.4) is 0 Å². The van der Waals surface area contributed by atoms with Crippen LogP contribution in [0.5, 0.6) is 0 Å². The van der Waals surface area contributed by atoms with Gasteiger partial charge in [-0.2, -0.15) is 0 Å². The Balaban J connectivity index is 1.44. The van der Waals surface area contributed by atoms with E-state index in [4.69, 9.17) is 0 Å². The summed E-state index contributed by atoms with van der Waals surface area (Å²) in [4.78, 5) is 33.2. The van der Waals surface area contributed by atoms with Gasteiger partial charge in [-0.3, -0.25) is 9.78 Å². The zero-order chi connectivity index (χ0) is 16.8. The van der Waals surface area contributed by atoms with Gasteiger partial charge in [-0.05, 0) is 31.0 Å². The van der Waals surface area contributed by atoms with Crippen molar-refractivity contribution in [2.75, 3.05) is 18.0 Å². The second-order valence-corrected chi connectivity index (χ2v) is 6.68. The SMILES string of the molecule is O=C(c1ccncc1)N1[C@@H]2CC[C@@H]1CN(c1ncnc3[nH]ccc13)C2. The maximum atomic E-state index is 12.9. The van der Waals surface area contributed by atoms with E-state index < -0.39 is 0 Å². The molecule has 2 aliphatic heterocycles. The van der Waals surface area contributed by atoms with E-state index in [9.17, 15) is 4.79 Å². The van der Waals surface area contributed by atoms with Crippen molar-refractivity contribution in [3.8, 4) is 0 Å². The number of pyridine rings is 1. The monoisotopic (exact) mass is 334 g/mol. The van der Waals surface area contributed by atoms with Crippen molar-refractivity contribution in [3.63, 3.8) is 0 Å². The maximum Gasteiger partial charge on any atom is 0.254 e. The Morgan fingerprint density at radius 3 is 2.60 bits per heavy atom. The summed E-state index contributed by atoms with van der Waals surface area (Å²) in [5.41, 5.74) is 1.57. The first kappa shape index (κ1) is 14.4. The largest absolute Gasteiger partial charge is 0.352 e. The lowest BCUT2D eigenvalue weighted by Crippen LogP contribution is -2.56. The summed E-state index contributed by atoms with van der Waals surface area (Å²) in [5.74, 6) is 1.07. The number of amides is 1. The van der Waals surface area contributed by atoms with Gasteiger partial charge in [0.1, 0.15) is 17.8 Å². The lowest BCUT2D eigenvalue weighted by atomic mass is 10.1. The molecule has 2 atom stereocenters. The molecule has 3 aromatic rings. The Morgan fingerprint density at radius 2 is 1.84 bits per heavy atom. The minimum atomic E-state index is 0.115. The van der Waals surface area contributed by atoms with Gasteiger partial charge >= 0.3 is 0 Å². The second-order valence-electron chi connectivity index (χ2n) is 6.68. The standard InChI is InChI=1S/C18H18N6O/c25-18(12-3-6-19-7-4-12)24-13-1-2-14(24)10-23(9-13)17-15-5-8-20-16(15)21-11-22-17/h3-8,11,13-14H,1-2,9-10H2,(H,20,21,22)/t13-,14-/m1/s1. The number of fused-ring (bicyclic) bond motifs is 3. The molecule has 0 spiro atoms. The van der Waals surface area contributed by atoms with E-state index in [1.807, 2.05) is 12.3 Å². The van der Waals surface area contributed by atoms with Crippen LogP contribution in [-0.4, -0.2) is 55.9 Å². The number of aromatic amines is 1. The predicted molar refractivity (Wildman–Crippen MR) is 93.3 cm³/mol. The lowest BCUT2D eigenvalue weighted by Gasteiger charge is -2.41. The third-order valence-electron chi connectivity index (χ3n) is 5.28. The Hall–Kier alpha value is -2.96. The molecular formula is C18H18N6O. The quantitative estimate of drug-likeness (QED) is 0.774. The summed E-state index contributed by atoms with van der Waals surface area (Å²) >= 11 is 0. The number of hydrogen-bond acceptors (Lipinski definition) is 5. The Labute approximate surface area is 144 Å². The van der Waals surface area contributed by atoms with Crippen molar-refractivity contribution in [2.24, 2.45) is 0 Å². The summed E-state index contributed by atoms with van der Waals surface area (Å²) in [6.45, 7) is 1.62. The highest BCUT2D eigenvalue weighted by Gasteiger charge is 2.43. The van der Waals surface area contributed by atoms with Crippen molar-refractivity contribution < 1.29 is 4.79 Å². The zero-order valence-corrected chi connectivity index (χ0v) is 13.7. The zero-order valence-electron chi connectivity index (χ0n) is 13.7. The molecule has 2 bridgehead atoms. The molecular weight excluding hydrogens is 316 g/mol. The van der Waals surface area contributed by atoms with Crippen molar-refractivity contribution >= 4 is 22.8 Å². The molecule has 126 valence electrons. The van der Waals surface area contributed by atoms with Crippen LogP contribution in [0.1, 0.15) is 23.2 Å². The van der Waals surface area contributed by atoms with Crippen molar-refractivity contribution in [1.29, 1.82) is 0 Å². The minimum Gasteiger partial charge on any atom is -0.352 e. The van der Waals surface area contributed by atoms with Gasteiger partial charge < -0.3 is 14.8 Å². The molecule has 25 heavy (non-hydrogen) atoms. The highest BCUT2D eigenvalue weighted by atomic mass is 16.2. The molecule has 7 heteroatoms. The highest BCUT2D eigenvalue weighted by Crippen LogP contribution is 2.34. The van der Waals surface area contributed by atoms with Crippen LogP contribution in [-0.2, 0) is 0 Å². The van der Waals surface area contributed by atoms with Gasteiger partial charge in [-0.25, -0.2) is 9.97 Å². The van der Waals surface area contributed by atoms with Gasteiger partial charge in [0.05, 0.1) is 17.5 Å². The number of carbonyl (C=O) groups is 1. The summed E-state index contributed by atoms with van der Waals surface area (Å²) < 4.78 is 0. The van der Waals surface area contributed by atoms with E-state index in [0.717, 1.165) is 48.3 Å². The molecule has 1 amide bonds. The fraction of sp³-hybridized carbons (Fsp3) is 0.333. The van der Waals surface area contributed by atoms with Gasteiger partial charge in [0.25, 0.3) is 5.91 Å². The van der Waals surface area contributed by atoms with Crippen LogP contribution in [0.15, 0.2) is 43.1 Å². The molecule has 0 aromatic carbocycles. The van der Waals surface area contributed by atoms with Crippen LogP contribution in [0, 0.1) is 0 Å². The van der Waals surface area contributed by atoms with Gasteiger partial charge in [-0.15, -0.1) is 0 Å². The lowest BCUT2D eigenvalue weighted by molar-refractivity contribution is 0.0641. The number of anilines is 1. The average Bonchev–Trinajstić information content (AvgIpc) is 3.23. The van der Waals surface area contributed by atoms with Crippen molar-refractivity contribution in [1.82, 2.24) is 24.8 Å². The van der Waals surface area contributed by atoms with Gasteiger partial charge in [-0.1, -0.05) is 0 Å². The van der Waals surface area contributed by atoms with E-state index >= 15 is 0 Å². The van der Waals surface area contributed by atoms with E-state index in [-0.39, 0.29) is 18.0 Å². The van der Waals surface area contributed by atoms with Crippen LogP contribution < -0.4 is 4.90 Å². The Morgan fingerprint density at radius 1 is 1.08 bits per heavy atom. The highest BCUT2D eigenvalue weighted by molar-refractivity contribution is 5.95. The molecule has 0 saturated carbocycles. The van der Waals surface area contributed by atoms with Crippen LogP contribution in [0.25, 0.3) is 11.0 Å². The summed E-state index contributed by atoms with van der Waals surface area (Å²) in [6.07, 6.45) is 8.92. The van der Waals surface area contributed by atoms with Crippen LogP contribution in [0.4, 0.5) is 5.82 Å². The summed E-state index contributed by atoms with van der Waals surface area (Å²) in [7, 11) is 0. The summed E-state index contributed by atoms with van der Waals surface area (Å²) in [5, 5.41) is 1.04. The van der Waals surface area contributed by atoms with Crippen LogP contribution in [0.2, 0.25) is 0 Å². The smallest absolute Gasteiger partial charge is 0.254 e. The molecule has 2 aliphatic rings. The first-order valence-electron chi connectivity index (χ1n) is 8.57. The number of hydrogen-bond donors (Lipinski definition) is 1. The fourth-order valence-corrected chi connectivity index (χ4v) is 4.16. The van der Waals surface area contributed by atoms with Crippen molar-refractivity contribution in [3.05, 3.63) is 48.7 Å². The van der Waals surface area contributed by atoms with Gasteiger partial charge in [0, 0.05) is 37.2 Å². The van der Waals surface area contributed by atoms with Crippen LogP contribution >= 0.6 is 0 Å². The third kappa shape index (κ3) is 2.26. The normalized spacial score (nSPS) is 22.6. The molecule has 0 radical (unpaired) electrons. The van der Waals surface area contributed by atoms with Crippen molar-refractivity contribution in [2.45, 2.75) is 24.9 Å².